The van der Waals surface area contributed by atoms with Gasteiger partial charge in [0, 0.05) is 12.2 Å². The lowest BCUT2D eigenvalue weighted by Crippen LogP contribution is -2.21. The SMILES string of the molecule is C=CCNC(=O)/N=C(\C#N)c1ncn(-c2ccc(OC)cc2)c1N. The third-order valence-corrected chi connectivity index (χ3v) is 3.10. The molecule has 0 atom stereocenters. The van der Waals surface area contributed by atoms with Gasteiger partial charge in [-0.1, -0.05) is 6.08 Å². The lowest BCUT2D eigenvalue weighted by molar-refractivity contribution is 0.250. The number of anilines is 1. The molecule has 122 valence electrons. The Morgan fingerprint density at radius 3 is 2.83 bits per heavy atom. The summed E-state index contributed by atoms with van der Waals surface area (Å²) in [5.41, 5.74) is 6.76. The summed E-state index contributed by atoms with van der Waals surface area (Å²) in [4.78, 5) is 19.4. The van der Waals surface area contributed by atoms with Gasteiger partial charge in [0.05, 0.1) is 7.11 Å². The van der Waals surface area contributed by atoms with Crippen LogP contribution in [0.2, 0.25) is 0 Å². The molecular formula is C16H16N6O2. The van der Waals surface area contributed by atoms with Gasteiger partial charge in [-0.2, -0.15) is 10.3 Å². The standard InChI is InChI=1S/C16H16N6O2/c1-3-8-19-16(23)21-13(9-17)14-15(18)22(10-20-14)11-4-6-12(24-2)7-5-11/h3-7,10H,1,8,18H2,2H3,(H,19,23)/b21-13+. The maximum atomic E-state index is 11.6. The summed E-state index contributed by atoms with van der Waals surface area (Å²) < 4.78 is 6.69. The number of nitrogens with zero attached hydrogens (tertiary/aromatic N) is 4. The Morgan fingerprint density at radius 2 is 2.25 bits per heavy atom. The normalized spacial score (nSPS) is 10.8. The molecule has 0 bridgehead atoms. The van der Waals surface area contributed by atoms with Gasteiger partial charge in [0.1, 0.15) is 29.7 Å². The number of carbonyl (C=O) groups excluding carboxylic acids is 1. The monoisotopic (exact) mass is 324 g/mol. The Balaban J connectivity index is 2.33. The van der Waals surface area contributed by atoms with Crippen LogP contribution in [0, 0.1) is 11.3 Å². The maximum absolute atomic E-state index is 11.6. The van der Waals surface area contributed by atoms with Crippen molar-refractivity contribution in [3.8, 4) is 17.5 Å². The fourth-order valence-corrected chi connectivity index (χ4v) is 1.92. The van der Waals surface area contributed by atoms with Crippen LogP contribution in [0.3, 0.4) is 0 Å². The van der Waals surface area contributed by atoms with Gasteiger partial charge in [0.25, 0.3) is 0 Å². The van der Waals surface area contributed by atoms with E-state index < -0.39 is 6.03 Å². The zero-order chi connectivity index (χ0) is 17.5. The predicted octanol–water partition coefficient (Wildman–Crippen LogP) is 1.67. The van der Waals surface area contributed by atoms with E-state index in [-0.39, 0.29) is 23.8 Å². The van der Waals surface area contributed by atoms with Gasteiger partial charge in [0.15, 0.2) is 5.71 Å². The Kier molecular flexibility index (Phi) is 5.31. The first-order valence-electron chi connectivity index (χ1n) is 6.95. The van der Waals surface area contributed by atoms with E-state index in [4.69, 9.17) is 10.5 Å². The predicted molar refractivity (Wildman–Crippen MR) is 90.3 cm³/mol. The molecule has 1 heterocycles. The van der Waals surface area contributed by atoms with Crippen molar-refractivity contribution >= 4 is 17.6 Å². The van der Waals surface area contributed by atoms with Crippen LogP contribution in [-0.4, -0.2) is 34.9 Å². The minimum Gasteiger partial charge on any atom is -0.497 e. The van der Waals surface area contributed by atoms with E-state index in [0.29, 0.717) is 5.75 Å². The quantitative estimate of drug-likeness (QED) is 0.640. The first-order chi connectivity index (χ1) is 11.6. The molecule has 0 radical (unpaired) electrons. The van der Waals surface area contributed by atoms with Crippen molar-refractivity contribution < 1.29 is 9.53 Å². The fraction of sp³-hybridized carbons (Fsp3) is 0.125. The van der Waals surface area contributed by atoms with Gasteiger partial charge in [0.2, 0.25) is 0 Å². The first-order valence-corrected chi connectivity index (χ1v) is 6.95. The molecule has 0 spiro atoms. The molecule has 2 rings (SSSR count). The summed E-state index contributed by atoms with van der Waals surface area (Å²) >= 11 is 0. The van der Waals surface area contributed by atoms with Crippen molar-refractivity contribution in [2.45, 2.75) is 0 Å². The number of benzene rings is 1. The molecule has 24 heavy (non-hydrogen) atoms. The van der Waals surface area contributed by atoms with E-state index in [2.05, 4.69) is 21.9 Å². The number of rotatable bonds is 5. The number of nitriles is 1. The van der Waals surface area contributed by atoms with E-state index in [9.17, 15) is 10.1 Å². The van der Waals surface area contributed by atoms with Crippen LogP contribution in [0.15, 0.2) is 48.2 Å². The van der Waals surface area contributed by atoms with Gasteiger partial charge in [-0.25, -0.2) is 9.78 Å². The number of ether oxygens (including phenoxy) is 1. The summed E-state index contributed by atoms with van der Waals surface area (Å²) in [5, 5.41) is 11.7. The van der Waals surface area contributed by atoms with Crippen molar-refractivity contribution in [1.29, 1.82) is 5.26 Å². The number of hydrogen-bond donors (Lipinski definition) is 2. The average molecular weight is 324 g/mol. The summed E-state index contributed by atoms with van der Waals surface area (Å²) in [6.45, 7) is 3.73. The number of methoxy groups -OCH3 is 1. The Bertz CT molecular complexity index is 814. The molecule has 1 aromatic carbocycles. The number of urea groups is 1. The van der Waals surface area contributed by atoms with Crippen molar-refractivity contribution in [2.24, 2.45) is 4.99 Å². The first kappa shape index (κ1) is 16.8. The van der Waals surface area contributed by atoms with Crippen molar-refractivity contribution in [1.82, 2.24) is 14.9 Å². The number of aliphatic imine (C=N–C) groups is 1. The second-order valence-electron chi connectivity index (χ2n) is 4.59. The number of nitrogen functional groups attached to an aromatic ring is 1. The van der Waals surface area contributed by atoms with Crippen LogP contribution in [0.5, 0.6) is 5.75 Å². The van der Waals surface area contributed by atoms with Crippen molar-refractivity contribution in [2.75, 3.05) is 19.4 Å². The van der Waals surface area contributed by atoms with E-state index >= 15 is 0 Å². The molecule has 0 aliphatic carbocycles. The Morgan fingerprint density at radius 1 is 1.54 bits per heavy atom. The summed E-state index contributed by atoms with van der Waals surface area (Å²) in [7, 11) is 1.58. The molecule has 0 saturated carbocycles. The number of carbonyl (C=O) groups is 1. The highest BCUT2D eigenvalue weighted by Gasteiger charge is 2.16. The van der Waals surface area contributed by atoms with Crippen LogP contribution in [0.25, 0.3) is 5.69 Å². The summed E-state index contributed by atoms with van der Waals surface area (Å²) in [5.74, 6) is 0.910. The van der Waals surface area contributed by atoms with Gasteiger partial charge in [-0.15, -0.1) is 6.58 Å². The number of aromatic nitrogens is 2. The van der Waals surface area contributed by atoms with Gasteiger partial charge < -0.3 is 15.8 Å². The molecule has 0 aliphatic rings. The number of nitrogens with one attached hydrogen (secondary N) is 1. The Hall–Kier alpha value is -3.60. The number of amides is 2. The molecule has 2 aromatic rings. The molecule has 0 saturated heterocycles. The van der Waals surface area contributed by atoms with E-state index in [1.165, 1.54) is 12.4 Å². The van der Waals surface area contributed by atoms with E-state index in [0.717, 1.165) is 5.69 Å². The molecule has 1 aromatic heterocycles. The van der Waals surface area contributed by atoms with Crippen LogP contribution < -0.4 is 15.8 Å². The van der Waals surface area contributed by atoms with Crippen molar-refractivity contribution in [3.05, 3.63) is 48.9 Å². The summed E-state index contributed by atoms with van der Waals surface area (Å²) in [6.07, 6.45) is 2.97. The van der Waals surface area contributed by atoms with Crippen LogP contribution >= 0.6 is 0 Å². The zero-order valence-corrected chi connectivity index (χ0v) is 13.1. The Labute approximate surface area is 138 Å². The minimum atomic E-state index is -0.662. The maximum Gasteiger partial charge on any atom is 0.342 e. The third kappa shape index (κ3) is 3.59. The molecule has 0 unspecified atom stereocenters. The third-order valence-electron chi connectivity index (χ3n) is 3.10. The van der Waals surface area contributed by atoms with Crippen LogP contribution in [-0.2, 0) is 0 Å². The summed E-state index contributed by atoms with van der Waals surface area (Å²) in [6, 6.07) is 8.31. The highest BCUT2D eigenvalue weighted by atomic mass is 16.5. The second-order valence-corrected chi connectivity index (χ2v) is 4.59. The smallest absolute Gasteiger partial charge is 0.342 e. The van der Waals surface area contributed by atoms with Gasteiger partial charge in [-0.3, -0.25) is 4.57 Å². The van der Waals surface area contributed by atoms with E-state index in [1.807, 2.05) is 6.07 Å². The van der Waals surface area contributed by atoms with Crippen LogP contribution in [0.1, 0.15) is 5.69 Å². The van der Waals surface area contributed by atoms with Crippen LogP contribution in [0.4, 0.5) is 10.6 Å². The highest BCUT2D eigenvalue weighted by Crippen LogP contribution is 2.20. The van der Waals surface area contributed by atoms with Gasteiger partial charge in [-0.05, 0) is 24.3 Å². The number of hydrogen-bond acceptors (Lipinski definition) is 5. The molecule has 3 N–H and O–H groups in total. The zero-order valence-electron chi connectivity index (χ0n) is 13.1. The van der Waals surface area contributed by atoms with Gasteiger partial charge >= 0.3 is 6.03 Å². The topological polar surface area (TPSA) is 118 Å². The molecule has 0 fully saturated rings. The van der Waals surface area contributed by atoms with E-state index in [1.54, 1.807) is 35.9 Å². The minimum absolute atomic E-state index is 0.141. The largest absolute Gasteiger partial charge is 0.497 e. The highest BCUT2D eigenvalue weighted by molar-refractivity contribution is 6.16. The number of nitrogens with two attached hydrogens (primary N) is 1. The number of imidazole rings is 1. The molecule has 8 nitrogen and oxygen atoms in total. The van der Waals surface area contributed by atoms with Crippen molar-refractivity contribution in [3.63, 3.8) is 0 Å². The molecular weight excluding hydrogens is 308 g/mol. The molecule has 8 heteroatoms. The lowest BCUT2D eigenvalue weighted by atomic mass is 10.2. The lowest BCUT2D eigenvalue weighted by Gasteiger charge is -2.06. The fourth-order valence-electron chi connectivity index (χ4n) is 1.92. The molecule has 0 aliphatic heterocycles. The second kappa shape index (κ2) is 7.60. The average Bonchev–Trinajstić information content (AvgIpc) is 2.99. The molecule has 2 amide bonds.